The second-order valence-corrected chi connectivity index (χ2v) is 4.03. The summed E-state index contributed by atoms with van der Waals surface area (Å²) in [5.74, 6) is 0.0825. The van der Waals surface area contributed by atoms with Crippen LogP contribution in [0.2, 0.25) is 0 Å². The number of likely N-dealkylation sites (N-methyl/N-ethyl adjacent to an activating group) is 1. The Balaban J connectivity index is 2.33. The molecule has 13 heavy (non-hydrogen) atoms. The van der Waals surface area contributed by atoms with E-state index in [9.17, 15) is 4.79 Å². The number of carbonyl (C=O) groups is 1. The van der Waals surface area contributed by atoms with Gasteiger partial charge in [0, 0.05) is 11.4 Å². The molecule has 0 unspecified atom stereocenters. The Kier molecular flexibility index (Phi) is 4.08. The first-order valence-corrected chi connectivity index (χ1v) is 5.03. The predicted octanol–water partition coefficient (Wildman–Crippen LogP) is 0.708. The second kappa shape index (κ2) is 5.11. The molecule has 0 saturated carbocycles. The van der Waals surface area contributed by atoms with Gasteiger partial charge in [-0.05, 0) is 18.5 Å². The van der Waals surface area contributed by atoms with E-state index in [0.717, 1.165) is 6.54 Å². The van der Waals surface area contributed by atoms with Crippen molar-refractivity contribution in [1.29, 1.82) is 0 Å². The average Bonchev–Trinajstić information content (AvgIpc) is 2.56. The lowest BCUT2D eigenvalue weighted by Gasteiger charge is -2.13. The quantitative estimate of drug-likeness (QED) is 0.758. The Morgan fingerprint density at radius 1 is 1.69 bits per heavy atom. The van der Waals surface area contributed by atoms with E-state index < -0.39 is 0 Å². The maximum Gasteiger partial charge on any atom is 0.160 e. The molecule has 0 atom stereocenters. The predicted molar refractivity (Wildman–Crippen MR) is 54.7 cm³/mol. The summed E-state index contributed by atoms with van der Waals surface area (Å²) in [7, 11) is 1.92. The van der Waals surface area contributed by atoms with Gasteiger partial charge < -0.3 is 5.73 Å². The van der Waals surface area contributed by atoms with Gasteiger partial charge >= 0.3 is 0 Å². The summed E-state index contributed by atoms with van der Waals surface area (Å²) in [6, 6.07) is 4.08. The molecule has 4 heteroatoms. The van der Waals surface area contributed by atoms with Crippen LogP contribution in [0, 0.1) is 0 Å². The molecule has 72 valence electrons. The molecule has 1 aromatic rings. The van der Waals surface area contributed by atoms with Crippen molar-refractivity contribution in [2.45, 2.75) is 6.54 Å². The topological polar surface area (TPSA) is 46.3 Å². The molecule has 0 bridgehead atoms. The minimum Gasteiger partial charge on any atom is -0.324 e. The largest absolute Gasteiger partial charge is 0.324 e. The van der Waals surface area contributed by atoms with Gasteiger partial charge in [-0.1, -0.05) is 6.07 Å². The molecule has 1 aromatic heterocycles. The van der Waals surface area contributed by atoms with Crippen LogP contribution in [0.5, 0.6) is 0 Å². The molecule has 3 nitrogen and oxygen atoms in total. The highest BCUT2D eigenvalue weighted by Crippen LogP contribution is 2.10. The highest BCUT2D eigenvalue weighted by molar-refractivity contribution is 7.09. The molecule has 0 radical (unpaired) electrons. The molecule has 0 aliphatic carbocycles. The maximum absolute atomic E-state index is 11.0. The molecule has 2 N–H and O–H groups in total. The van der Waals surface area contributed by atoms with Crippen LogP contribution < -0.4 is 5.73 Å². The molecular formula is C9H14N2OS. The lowest BCUT2D eigenvalue weighted by Crippen LogP contribution is -2.29. The van der Waals surface area contributed by atoms with E-state index >= 15 is 0 Å². The van der Waals surface area contributed by atoms with E-state index in [1.54, 1.807) is 11.3 Å². The monoisotopic (exact) mass is 198 g/mol. The number of rotatable bonds is 5. The molecule has 0 aromatic carbocycles. The fourth-order valence-electron chi connectivity index (χ4n) is 1.09. The van der Waals surface area contributed by atoms with Gasteiger partial charge in [-0.3, -0.25) is 9.69 Å². The number of thiophene rings is 1. The number of nitrogens with zero attached hydrogens (tertiary/aromatic N) is 1. The standard InChI is InChI=1S/C9H14N2OS/c1-11(6-8(12)5-10)7-9-3-2-4-13-9/h2-4H,5-7,10H2,1H3. The summed E-state index contributed by atoms with van der Waals surface area (Å²) in [5, 5.41) is 2.04. The van der Waals surface area contributed by atoms with E-state index in [0.29, 0.717) is 6.54 Å². The molecule has 0 spiro atoms. The van der Waals surface area contributed by atoms with Crippen LogP contribution in [0.3, 0.4) is 0 Å². The fourth-order valence-corrected chi connectivity index (χ4v) is 1.87. The van der Waals surface area contributed by atoms with Crippen LogP contribution in [-0.4, -0.2) is 30.8 Å². The van der Waals surface area contributed by atoms with Gasteiger partial charge in [0.05, 0.1) is 13.1 Å². The first kappa shape index (κ1) is 10.4. The number of hydrogen-bond donors (Lipinski definition) is 1. The molecule has 0 fully saturated rings. The highest BCUT2D eigenvalue weighted by Gasteiger charge is 2.05. The zero-order valence-corrected chi connectivity index (χ0v) is 8.51. The van der Waals surface area contributed by atoms with E-state index in [-0.39, 0.29) is 12.3 Å². The van der Waals surface area contributed by atoms with Crippen molar-refractivity contribution in [2.75, 3.05) is 20.1 Å². The van der Waals surface area contributed by atoms with Crippen molar-refractivity contribution < 1.29 is 4.79 Å². The molecule has 0 aliphatic heterocycles. The summed E-state index contributed by atoms with van der Waals surface area (Å²) < 4.78 is 0. The summed E-state index contributed by atoms with van der Waals surface area (Å²) in [6.07, 6.45) is 0. The average molecular weight is 198 g/mol. The van der Waals surface area contributed by atoms with Crippen molar-refractivity contribution in [1.82, 2.24) is 4.90 Å². The van der Waals surface area contributed by atoms with Crippen molar-refractivity contribution >= 4 is 17.1 Å². The van der Waals surface area contributed by atoms with Gasteiger partial charge in [-0.15, -0.1) is 11.3 Å². The number of Topliss-reactive ketones (excluding diaryl/α,β-unsaturated/α-hetero) is 1. The van der Waals surface area contributed by atoms with Crippen molar-refractivity contribution in [3.63, 3.8) is 0 Å². The third-order valence-electron chi connectivity index (χ3n) is 1.68. The lowest BCUT2D eigenvalue weighted by molar-refractivity contribution is -0.118. The SMILES string of the molecule is CN(CC(=O)CN)Cc1cccs1. The third-order valence-corrected chi connectivity index (χ3v) is 2.54. The Bertz CT molecular complexity index is 259. The van der Waals surface area contributed by atoms with Crippen molar-refractivity contribution in [3.8, 4) is 0 Å². The fraction of sp³-hybridized carbons (Fsp3) is 0.444. The van der Waals surface area contributed by atoms with Gasteiger partial charge in [0.2, 0.25) is 0 Å². The van der Waals surface area contributed by atoms with E-state index in [4.69, 9.17) is 5.73 Å². The number of ketones is 1. The first-order valence-electron chi connectivity index (χ1n) is 4.15. The third kappa shape index (κ3) is 3.67. The van der Waals surface area contributed by atoms with E-state index in [2.05, 4.69) is 6.07 Å². The number of carbonyl (C=O) groups excluding carboxylic acids is 1. The van der Waals surface area contributed by atoms with Crippen LogP contribution in [-0.2, 0) is 11.3 Å². The Morgan fingerprint density at radius 3 is 3.00 bits per heavy atom. The van der Waals surface area contributed by atoms with Gasteiger partial charge in [0.15, 0.2) is 5.78 Å². The van der Waals surface area contributed by atoms with Crippen LogP contribution in [0.4, 0.5) is 0 Å². The molecule has 1 heterocycles. The smallest absolute Gasteiger partial charge is 0.160 e. The van der Waals surface area contributed by atoms with Crippen LogP contribution in [0.25, 0.3) is 0 Å². The van der Waals surface area contributed by atoms with Gasteiger partial charge in [-0.2, -0.15) is 0 Å². The van der Waals surface area contributed by atoms with Gasteiger partial charge in [0.25, 0.3) is 0 Å². The van der Waals surface area contributed by atoms with E-state index in [1.165, 1.54) is 4.88 Å². The minimum absolute atomic E-state index is 0.0825. The Labute approximate surface area is 82.2 Å². The summed E-state index contributed by atoms with van der Waals surface area (Å²) in [5.41, 5.74) is 5.22. The van der Waals surface area contributed by atoms with Crippen molar-refractivity contribution in [2.24, 2.45) is 5.73 Å². The molecular weight excluding hydrogens is 184 g/mol. The zero-order valence-electron chi connectivity index (χ0n) is 7.69. The zero-order chi connectivity index (χ0) is 9.68. The van der Waals surface area contributed by atoms with Gasteiger partial charge in [-0.25, -0.2) is 0 Å². The maximum atomic E-state index is 11.0. The Hall–Kier alpha value is -0.710. The summed E-state index contributed by atoms with van der Waals surface area (Å²) in [6.45, 7) is 1.40. The van der Waals surface area contributed by atoms with Crippen LogP contribution in [0.1, 0.15) is 4.88 Å². The number of hydrogen-bond acceptors (Lipinski definition) is 4. The van der Waals surface area contributed by atoms with Crippen LogP contribution in [0.15, 0.2) is 17.5 Å². The summed E-state index contributed by atoms with van der Waals surface area (Å²) >= 11 is 1.70. The molecule has 0 aliphatic rings. The van der Waals surface area contributed by atoms with Crippen molar-refractivity contribution in [3.05, 3.63) is 22.4 Å². The minimum atomic E-state index is 0.0825. The number of nitrogens with two attached hydrogens (primary N) is 1. The molecule has 1 rings (SSSR count). The second-order valence-electron chi connectivity index (χ2n) is 2.99. The lowest BCUT2D eigenvalue weighted by atomic mass is 10.3. The molecule has 0 saturated heterocycles. The van der Waals surface area contributed by atoms with Crippen LogP contribution >= 0.6 is 11.3 Å². The Morgan fingerprint density at radius 2 is 2.46 bits per heavy atom. The normalized spacial score (nSPS) is 10.7. The first-order chi connectivity index (χ1) is 6.22. The van der Waals surface area contributed by atoms with Gasteiger partial charge in [0.1, 0.15) is 0 Å². The summed E-state index contributed by atoms with van der Waals surface area (Å²) in [4.78, 5) is 14.2. The molecule has 0 amide bonds. The highest BCUT2D eigenvalue weighted by atomic mass is 32.1. The van der Waals surface area contributed by atoms with E-state index in [1.807, 2.05) is 23.4 Å².